The molecule has 3 nitrogen and oxygen atoms in total. The van der Waals surface area contributed by atoms with Gasteiger partial charge in [0.25, 0.3) is 0 Å². The summed E-state index contributed by atoms with van der Waals surface area (Å²) in [4.78, 5) is 5.77. The largest absolute Gasteiger partial charge is 0.316 e. The van der Waals surface area contributed by atoms with E-state index in [0.29, 0.717) is 0 Å². The Bertz CT molecular complexity index is 394. The van der Waals surface area contributed by atoms with Gasteiger partial charge in [0.2, 0.25) is 0 Å². The van der Waals surface area contributed by atoms with Gasteiger partial charge in [-0.2, -0.15) is 0 Å². The number of benzene rings is 1. The van der Waals surface area contributed by atoms with E-state index in [9.17, 15) is 0 Å². The van der Waals surface area contributed by atoms with Crippen LogP contribution in [0.5, 0.6) is 0 Å². The van der Waals surface area contributed by atoms with Crippen LogP contribution in [0.1, 0.15) is 18.4 Å². The van der Waals surface area contributed by atoms with Crippen molar-refractivity contribution in [1.29, 1.82) is 0 Å². The summed E-state index contributed by atoms with van der Waals surface area (Å²) in [7, 11) is 0. The van der Waals surface area contributed by atoms with Crippen LogP contribution in [0.25, 0.3) is 5.70 Å². The van der Waals surface area contributed by atoms with E-state index in [1.54, 1.807) is 0 Å². The summed E-state index contributed by atoms with van der Waals surface area (Å²) in [6, 6.07) is 10.3. The van der Waals surface area contributed by atoms with Crippen molar-refractivity contribution in [3.63, 3.8) is 0 Å². The fraction of sp³-hybridized carbons (Fsp3) is 0.385. The fourth-order valence-electron chi connectivity index (χ4n) is 2.33. The lowest BCUT2D eigenvalue weighted by molar-refractivity contribution is -0.0515. The second-order valence-electron chi connectivity index (χ2n) is 4.44. The number of nitrogens with one attached hydrogen (secondary N) is 2. The van der Waals surface area contributed by atoms with Gasteiger partial charge in [0, 0.05) is 0 Å². The van der Waals surface area contributed by atoms with Gasteiger partial charge >= 0.3 is 0 Å². The van der Waals surface area contributed by atoms with Gasteiger partial charge in [0.05, 0.1) is 5.70 Å². The van der Waals surface area contributed by atoms with E-state index in [-0.39, 0.29) is 5.60 Å². The average Bonchev–Trinajstić information content (AvgIpc) is 2.75. The molecule has 0 bridgehead atoms. The van der Waals surface area contributed by atoms with Crippen LogP contribution < -0.4 is 10.8 Å². The van der Waals surface area contributed by atoms with Crippen LogP contribution >= 0.6 is 0 Å². The van der Waals surface area contributed by atoms with Gasteiger partial charge in [-0.25, -0.2) is 0 Å². The monoisotopic (exact) mass is 216 g/mol. The van der Waals surface area contributed by atoms with Crippen molar-refractivity contribution in [3.8, 4) is 0 Å². The second kappa shape index (κ2) is 3.92. The third kappa shape index (κ3) is 1.72. The minimum Gasteiger partial charge on any atom is -0.316 e. The smallest absolute Gasteiger partial charge is 0.119 e. The summed E-state index contributed by atoms with van der Waals surface area (Å²) >= 11 is 0. The highest BCUT2D eigenvalue weighted by Crippen LogP contribution is 2.32. The Labute approximate surface area is 95.5 Å². The highest BCUT2D eigenvalue weighted by atomic mass is 16.7. The number of rotatable bonds is 1. The van der Waals surface area contributed by atoms with Crippen molar-refractivity contribution in [1.82, 2.24) is 10.8 Å². The molecule has 0 saturated carbocycles. The van der Waals surface area contributed by atoms with Gasteiger partial charge in [-0.05, 0) is 37.6 Å². The highest BCUT2D eigenvalue weighted by Gasteiger charge is 2.36. The number of hydroxylamine groups is 1. The molecule has 2 aliphatic rings. The first-order valence-electron chi connectivity index (χ1n) is 5.81. The van der Waals surface area contributed by atoms with Crippen molar-refractivity contribution in [2.24, 2.45) is 0 Å². The molecule has 1 fully saturated rings. The standard InChI is InChI=1S/C13H16N2O/c1-2-4-11(5-3-1)12-10-13(16-15-12)6-8-14-9-7-13/h1-5,10,14-15H,6-9H2. The summed E-state index contributed by atoms with van der Waals surface area (Å²) in [5.41, 5.74) is 5.27. The van der Waals surface area contributed by atoms with Crippen molar-refractivity contribution in [2.45, 2.75) is 18.4 Å². The normalized spacial score (nSPS) is 22.9. The van der Waals surface area contributed by atoms with Crippen molar-refractivity contribution < 1.29 is 4.84 Å². The van der Waals surface area contributed by atoms with Gasteiger partial charge in [0.15, 0.2) is 0 Å². The van der Waals surface area contributed by atoms with Crippen molar-refractivity contribution in [2.75, 3.05) is 13.1 Å². The summed E-state index contributed by atoms with van der Waals surface area (Å²) < 4.78 is 0. The van der Waals surface area contributed by atoms with Crippen molar-refractivity contribution >= 4 is 5.70 Å². The molecule has 0 radical (unpaired) electrons. The van der Waals surface area contributed by atoms with Gasteiger partial charge in [0.1, 0.15) is 5.60 Å². The molecule has 16 heavy (non-hydrogen) atoms. The molecule has 2 N–H and O–H groups in total. The molecular weight excluding hydrogens is 200 g/mol. The molecule has 2 aliphatic heterocycles. The van der Waals surface area contributed by atoms with Crippen LogP contribution in [0.4, 0.5) is 0 Å². The average molecular weight is 216 g/mol. The molecule has 0 unspecified atom stereocenters. The summed E-state index contributed by atoms with van der Waals surface area (Å²) in [5.74, 6) is 0. The predicted molar refractivity (Wildman–Crippen MR) is 63.5 cm³/mol. The molecule has 1 spiro atoms. The summed E-state index contributed by atoms with van der Waals surface area (Å²) in [5, 5.41) is 3.35. The van der Waals surface area contributed by atoms with Gasteiger partial charge in [-0.1, -0.05) is 30.3 Å². The minimum atomic E-state index is -0.0869. The minimum absolute atomic E-state index is 0.0869. The molecule has 3 rings (SSSR count). The fourth-order valence-corrected chi connectivity index (χ4v) is 2.33. The Kier molecular flexibility index (Phi) is 2.42. The third-order valence-corrected chi connectivity index (χ3v) is 3.31. The Hall–Kier alpha value is -1.32. The number of hydrogen-bond acceptors (Lipinski definition) is 3. The van der Waals surface area contributed by atoms with Crippen LogP contribution in [0.3, 0.4) is 0 Å². The zero-order valence-electron chi connectivity index (χ0n) is 9.20. The first-order valence-corrected chi connectivity index (χ1v) is 5.81. The van der Waals surface area contributed by atoms with Crippen molar-refractivity contribution in [3.05, 3.63) is 42.0 Å². The lowest BCUT2D eigenvalue weighted by atomic mass is 9.91. The first kappa shape index (κ1) is 9.87. The highest BCUT2D eigenvalue weighted by molar-refractivity contribution is 5.65. The van der Waals surface area contributed by atoms with E-state index in [2.05, 4.69) is 29.0 Å². The predicted octanol–water partition coefficient (Wildman–Crippen LogP) is 1.68. The van der Waals surface area contributed by atoms with Gasteiger partial charge in [-0.15, -0.1) is 0 Å². The van der Waals surface area contributed by atoms with E-state index < -0.39 is 0 Å². The zero-order valence-corrected chi connectivity index (χ0v) is 9.20. The molecule has 0 atom stereocenters. The molecular formula is C13H16N2O. The Morgan fingerprint density at radius 3 is 2.56 bits per heavy atom. The summed E-state index contributed by atoms with van der Waals surface area (Å²) in [6.07, 6.45) is 4.32. The second-order valence-corrected chi connectivity index (χ2v) is 4.44. The van der Waals surface area contributed by atoms with E-state index in [1.165, 1.54) is 5.56 Å². The molecule has 0 aliphatic carbocycles. The Balaban J connectivity index is 1.86. The zero-order chi connectivity index (χ0) is 10.8. The Morgan fingerprint density at radius 1 is 1.06 bits per heavy atom. The van der Waals surface area contributed by atoms with E-state index in [0.717, 1.165) is 31.6 Å². The lowest BCUT2D eigenvalue weighted by Gasteiger charge is -2.29. The Morgan fingerprint density at radius 2 is 1.81 bits per heavy atom. The van der Waals surface area contributed by atoms with Crippen LogP contribution in [-0.4, -0.2) is 18.7 Å². The van der Waals surface area contributed by atoms with Crippen LogP contribution in [0.15, 0.2) is 36.4 Å². The van der Waals surface area contributed by atoms with E-state index in [4.69, 9.17) is 4.84 Å². The molecule has 1 saturated heterocycles. The molecule has 3 heteroatoms. The molecule has 1 aromatic rings. The molecule has 1 aromatic carbocycles. The summed E-state index contributed by atoms with van der Waals surface area (Å²) in [6.45, 7) is 2.06. The van der Waals surface area contributed by atoms with E-state index in [1.807, 2.05) is 18.2 Å². The molecule has 0 amide bonds. The molecule has 2 heterocycles. The van der Waals surface area contributed by atoms with Gasteiger partial charge < -0.3 is 5.32 Å². The van der Waals surface area contributed by atoms with Crippen LogP contribution in [0.2, 0.25) is 0 Å². The first-order chi connectivity index (χ1) is 7.88. The SMILES string of the molecule is C1=C(c2ccccc2)NOC12CCNCC2. The maximum Gasteiger partial charge on any atom is 0.119 e. The maximum absolute atomic E-state index is 5.77. The lowest BCUT2D eigenvalue weighted by Crippen LogP contribution is -2.41. The van der Waals surface area contributed by atoms with E-state index >= 15 is 0 Å². The number of hydrogen-bond donors (Lipinski definition) is 2. The maximum atomic E-state index is 5.77. The van der Waals surface area contributed by atoms with Crippen LogP contribution in [-0.2, 0) is 4.84 Å². The topological polar surface area (TPSA) is 33.3 Å². The quantitative estimate of drug-likeness (QED) is 0.749. The number of piperidine rings is 1. The van der Waals surface area contributed by atoms with Gasteiger partial charge in [-0.3, -0.25) is 10.3 Å². The molecule has 84 valence electrons. The van der Waals surface area contributed by atoms with Crippen LogP contribution in [0, 0.1) is 0 Å². The third-order valence-electron chi connectivity index (χ3n) is 3.31. The molecule has 0 aromatic heterocycles.